The van der Waals surface area contributed by atoms with Crippen LogP contribution in [0.2, 0.25) is 0 Å². The van der Waals surface area contributed by atoms with Gasteiger partial charge in [-0.3, -0.25) is 9.78 Å². The number of nitrogens with one attached hydrogen (secondary N) is 2. The summed E-state index contributed by atoms with van der Waals surface area (Å²) in [5, 5.41) is 14.1. The van der Waals surface area contributed by atoms with E-state index >= 15 is 0 Å². The second kappa shape index (κ2) is 8.90. The Labute approximate surface area is 118 Å². The van der Waals surface area contributed by atoms with Gasteiger partial charge in [-0.25, -0.2) is 4.79 Å². The lowest BCUT2D eigenvalue weighted by Crippen LogP contribution is -2.37. The molecule has 110 valence electrons. The SMILES string of the molecule is CC(NC(=O)NCCCCCC(=O)O)c1cccnc1. The molecule has 0 spiro atoms. The maximum atomic E-state index is 11.6. The zero-order chi connectivity index (χ0) is 14.8. The molecule has 0 bridgehead atoms. The largest absolute Gasteiger partial charge is 0.481 e. The number of aliphatic carboxylic acids is 1. The highest BCUT2D eigenvalue weighted by atomic mass is 16.4. The predicted octanol–water partition coefficient (Wildman–Crippen LogP) is 2.09. The van der Waals surface area contributed by atoms with Crippen molar-refractivity contribution in [3.8, 4) is 0 Å². The van der Waals surface area contributed by atoms with Crippen LogP contribution in [0.1, 0.15) is 44.2 Å². The zero-order valence-corrected chi connectivity index (χ0v) is 11.6. The van der Waals surface area contributed by atoms with Gasteiger partial charge in [0.05, 0.1) is 6.04 Å². The van der Waals surface area contributed by atoms with Crippen LogP contribution < -0.4 is 10.6 Å². The van der Waals surface area contributed by atoms with Crippen molar-refractivity contribution >= 4 is 12.0 Å². The molecule has 20 heavy (non-hydrogen) atoms. The number of aromatic nitrogens is 1. The van der Waals surface area contributed by atoms with Crippen molar-refractivity contribution < 1.29 is 14.7 Å². The van der Waals surface area contributed by atoms with E-state index in [9.17, 15) is 9.59 Å². The van der Waals surface area contributed by atoms with Gasteiger partial charge < -0.3 is 15.7 Å². The first-order valence-corrected chi connectivity index (χ1v) is 6.75. The molecule has 1 rings (SSSR count). The van der Waals surface area contributed by atoms with E-state index in [2.05, 4.69) is 15.6 Å². The van der Waals surface area contributed by atoms with E-state index in [0.29, 0.717) is 13.0 Å². The van der Waals surface area contributed by atoms with Gasteiger partial charge in [-0.05, 0) is 31.4 Å². The number of urea groups is 1. The minimum atomic E-state index is -0.777. The summed E-state index contributed by atoms with van der Waals surface area (Å²) in [5.41, 5.74) is 0.948. The molecule has 6 nitrogen and oxygen atoms in total. The van der Waals surface area contributed by atoms with Crippen molar-refractivity contribution in [1.82, 2.24) is 15.6 Å². The van der Waals surface area contributed by atoms with E-state index in [1.807, 2.05) is 19.1 Å². The molecule has 1 atom stereocenters. The molecule has 1 aromatic rings. The molecule has 0 fully saturated rings. The van der Waals surface area contributed by atoms with Crippen LogP contribution in [0.15, 0.2) is 24.5 Å². The van der Waals surface area contributed by atoms with Gasteiger partial charge in [0.2, 0.25) is 0 Å². The molecule has 0 aliphatic rings. The monoisotopic (exact) mass is 279 g/mol. The van der Waals surface area contributed by atoms with Gasteiger partial charge in [0.15, 0.2) is 0 Å². The van der Waals surface area contributed by atoms with E-state index in [-0.39, 0.29) is 18.5 Å². The van der Waals surface area contributed by atoms with Gasteiger partial charge in [0.1, 0.15) is 0 Å². The Morgan fingerprint density at radius 2 is 2.15 bits per heavy atom. The van der Waals surface area contributed by atoms with Crippen LogP contribution in [0, 0.1) is 0 Å². The van der Waals surface area contributed by atoms with Crippen LogP contribution in [0.3, 0.4) is 0 Å². The summed E-state index contributed by atoms with van der Waals surface area (Å²) in [5.74, 6) is -0.777. The lowest BCUT2D eigenvalue weighted by Gasteiger charge is -2.14. The van der Waals surface area contributed by atoms with Gasteiger partial charge in [-0.2, -0.15) is 0 Å². The van der Waals surface area contributed by atoms with Crippen molar-refractivity contribution in [2.75, 3.05) is 6.54 Å². The Bertz CT molecular complexity index is 423. The number of hydrogen-bond acceptors (Lipinski definition) is 3. The summed E-state index contributed by atoms with van der Waals surface area (Å²) in [6.45, 7) is 2.44. The van der Waals surface area contributed by atoms with Gasteiger partial charge in [0.25, 0.3) is 0 Å². The molecule has 0 aliphatic heterocycles. The van der Waals surface area contributed by atoms with Crippen LogP contribution in [-0.2, 0) is 4.79 Å². The first kappa shape index (κ1) is 15.9. The van der Waals surface area contributed by atoms with Crippen LogP contribution in [-0.4, -0.2) is 28.6 Å². The maximum absolute atomic E-state index is 11.6. The smallest absolute Gasteiger partial charge is 0.315 e. The highest BCUT2D eigenvalue weighted by Crippen LogP contribution is 2.09. The Hall–Kier alpha value is -2.11. The number of hydrogen-bond donors (Lipinski definition) is 3. The Morgan fingerprint density at radius 3 is 2.80 bits per heavy atom. The molecule has 0 saturated carbocycles. The van der Waals surface area contributed by atoms with Crippen molar-refractivity contribution in [1.29, 1.82) is 0 Å². The number of carboxylic acid groups (broad SMARTS) is 1. The van der Waals surface area contributed by atoms with Crippen molar-refractivity contribution in [2.24, 2.45) is 0 Å². The number of rotatable bonds is 8. The third-order valence-corrected chi connectivity index (χ3v) is 2.88. The normalized spacial score (nSPS) is 11.7. The van der Waals surface area contributed by atoms with Gasteiger partial charge >= 0.3 is 12.0 Å². The highest BCUT2D eigenvalue weighted by molar-refractivity contribution is 5.74. The Kier molecular flexibility index (Phi) is 7.10. The van der Waals surface area contributed by atoms with E-state index in [4.69, 9.17) is 5.11 Å². The number of pyridine rings is 1. The minimum absolute atomic E-state index is 0.101. The van der Waals surface area contributed by atoms with E-state index < -0.39 is 5.97 Å². The van der Waals surface area contributed by atoms with Crippen molar-refractivity contribution in [3.63, 3.8) is 0 Å². The summed E-state index contributed by atoms with van der Waals surface area (Å²) in [7, 11) is 0. The molecule has 0 aliphatic carbocycles. The van der Waals surface area contributed by atoms with E-state index in [1.54, 1.807) is 12.4 Å². The lowest BCUT2D eigenvalue weighted by atomic mass is 10.1. The third-order valence-electron chi connectivity index (χ3n) is 2.88. The average molecular weight is 279 g/mol. The number of amides is 2. The topological polar surface area (TPSA) is 91.3 Å². The number of carboxylic acids is 1. The van der Waals surface area contributed by atoms with Crippen LogP contribution in [0.4, 0.5) is 4.79 Å². The van der Waals surface area contributed by atoms with E-state index in [0.717, 1.165) is 18.4 Å². The van der Waals surface area contributed by atoms with Gasteiger partial charge in [0, 0.05) is 25.4 Å². The second-order valence-electron chi connectivity index (χ2n) is 4.61. The molecule has 1 aromatic heterocycles. The molecule has 3 N–H and O–H groups in total. The van der Waals surface area contributed by atoms with Gasteiger partial charge in [-0.15, -0.1) is 0 Å². The summed E-state index contributed by atoms with van der Waals surface area (Å²) < 4.78 is 0. The molecule has 6 heteroatoms. The molecule has 0 saturated heterocycles. The molecular formula is C14H21N3O3. The number of unbranched alkanes of at least 4 members (excludes halogenated alkanes) is 2. The third kappa shape index (κ3) is 6.72. The highest BCUT2D eigenvalue weighted by Gasteiger charge is 2.08. The standard InChI is InChI=1S/C14H21N3O3/c1-11(12-6-5-8-15-10-12)17-14(20)16-9-4-2-3-7-13(18)19/h5-6,8,10-11H,2-4,7,9H2,1H3,(H,18,19)(H2,16,17,20). The molecule has 1 heterocycles. The fourth-order valence-electron chi connectivity index (χ4n) is 1.74. The first-order chi connectivity index (χ1) is 9.59. The Morgan fingerprint density at radius 1 is 1.35 bits per heavy atom. The fraction of sp³-hybridized carbons (Fsp3) is 0.500. The predicted molar refractivity (Wildman–Crippen MR) is 75.3 cm³/mol. The summed E-state index contributed by atoms with van der Waals surface area (Å²) >= 11 is 0. The molecule has 2 amide bonds. The molecule has 1 unspecified atom stereocenters. The molecule has 0 radical (unpaired) electrons. The fourth-order valence-corrected chi connectivity index (χ4v) is 1.74. The van der Waals surface area contributed by atoms with Crippen molar-refractivity contribution in [2.45, 2.75) is 38.6 Å². The van der Waals surface area contributed by atoms with Crippen LogP contribution in [0.25, 0.3) is 0 Å². The van der Waals surface area contributed by atoms with Crippen LogP contribution in [0.5, 0.6) is 0 Å². The summed E-state index contributed by atoms with van der Waals surface area (Å²) in [6, 6.07) is 3.41. The summed E-state index contributed by atoms with van der Waals surface area (Å²) in [4.78, 5) is 25.9. The number of carbonyl (C=O) groups is 2. The van der Waals surface area contributed by atoms with E-state index in [1.165, 1.54) is 0 Å². The van der Waals surface area contributed by atoms with Crippen LogP contribution >= 0.6 is 0 Å². The number of carbonyl (C=O) groups excluding carboxylic acids is 1. The van der Waals surface area contributed by atoms with Crippen molar-refractivity contribution in [3.05, 3.63) is 30.1 Å². The zero-order valence-electron chi connectivity index (χ0n) is 11.6. The number of nitrogens with zero attached hydrogens (tertiary/aromatic N) is 1. The first-order valence-electron chi connectivity index (χ1n) is 6.75. The average Bonchev–Trinajstić information content (AvgIpc) is 2.43. The second-order valence-corrected chi connectivity index (χ2v) is 4.61. The maximum Gasteiger partial charge on any atom is 0.315 e. The van der Waals surface area contributed by atoms with Gasteiger partial charge in [-0.1, -0.05) is 12.5 Å². The summed E-state index contributed by atoms with van der Waals surface area (Å²) in [6.07, 6.45) is 5.81. The quantitative estimate of drug-likeness (QED) is 0.635. The minimum Gasteiger partial charge on any atom is -0.481 e. The Balaban J connectivity index is 2.13. The molecule has 0 aromatic carbocycles. The lowest BCUT2D eigenvalue weighted by molar-refractivity contribution is -0.137. The molecular weight excluding hydrogens is 258 g/mol.